The summed E-state index contributed by atoms with van der Waals surface area (Å²) >= 11 is 5.65. The topological polar surface area (TPSA) is 306 Å². The normalized spacial score (nSPS) is 10.8. The minimum atomic E-state index is -3.90. The van der Waals surface area contributed by atoms with Crippen LogP contribution in [0.15, 0.2) is 119 Å². The molecule has 0 aliphatic carbocycles. The Balaban J connectivity index is 0.000000255. The number of nitrogen functional groups attached to an aromatic ring is 1. The Labute approximate surface area is 463 Å². The van der Waals surface area contributed by atoms with Crippen molar-refractivity contribution >= 4 is 72.0 Å². The van der Waals surface area contributed by atoms with Crippen molar-refractivity contribution in [2.75, 3.05) is 21.7 Å². The van der Waals surface area contributed by atoms with Crippen molar-refractivity contribution in [1.29, 1.82) is 0 Å². The Hall–Kier alpha value is -5.56. The second kappa shape index (κ2) is 26.2. The molecule has 27 heteroatoms. The molecule has 0 unspecified atom stereocenters. The van der Waals surface area contributed by atoms with E-state index in [4.69, 9.17) is 37.1 Å². The maximum Gasteiger partial charge on any atom is 0.238 e. The fourth-order valence-corrected chi connectivity index (χ4v) is 7.63. The summed E-state index contributed by atoms with van der Waals surface area (Å²) in [6.45, 7) is 7.65. The van der Waals surface area contributed by atoms with Gasteiger partial charge in [0, 0.05) is 99.6 Å². The van der Waals surface area contributed by atoms with E-state index >= 15 is 0 Å². The van der Waals surface area contributed by atoms with E-state index in [2.05, 4.69) is 56.3 Å². The standard InChI is InChI=1S/C22H21FN7O3S.C15H12ClFN5O.C7H10N2O2S.2Y/c1-13-3-4-16(10-20(13)34(24,31)32)27-22-25-11-19(23)21(28-22)26-15-5-7-18(8-6-15)33-12-17-9-14(2)29-30-17;1-9-6-11(22-21-9)8-23-12-4-2-10(3-5-12)19-14-13(17)7-18-15(16)20-14;1-5-2-3-6(8)4-7(5)12(9,10)11;;/h3-11H,12H2,1-2H3,(H4-,24,25,26,27,28,29,30,31,32);2-7H,8H2,1H3,(H-,18,19,20,21,22);2-4H,8H2,1H3,(H2,9,10,11);;/q2*-1;;;. The van der Waals surface area contributed by atoms with E-state index in [0.29, 0.717) is 52.0 Å². The molecule has 4 heterocycles. The minimum Gasteiger partial charge on any atom is -0.576 e. The Morgan fingerprint density at radius 2 is 1.03 bits per heavy atom. The molecular weight excluding hydrogens is 1140 g/mol. The van der Waals surface area contributed by atoms with Crippen LogP contribution in [0.5, 0.6) is 11.5 Å². The third kappa shape index (κ3) is 17.9. The molecule has 0 atom stereocenters. The third-order valence-electron chi connectivity index (χ3n) is 9.16. The second-order valence-electron chi connectivity index (χ2n) is 14.8. The average Bonchev–Trinajstić information content (AvgIpc) is 3.93. The van der Waals surface area contributed by atoms with Gasteiger partial charge in [-0.1, -0.05) is 24.3 Å². The predicted molar refractivity (Wildman–Crippen MR) is 254 cm³/mol. The monoisotopic (exact) mass is 1180 g/mol. The smallest absolute Gasteiger partial charge is 0.238 e. The zero-order valence-electron chi connectivity index (χ0n) is 38.2. The van der Waals surface area contributed by atoms with Crippen LogP contribution >= 0.6 is 11.6 Å². The minimum absolute atomic E-state index is 0. The molecular formula is C44H43ClF2N14O6S2Y2-2. The molecule has 0 aliphatic rings. The summed E-state index contributed by atoms with van der Waals surface area (Å²) in [5.41, 5.74) is 11.7. The molecule has 2 radical (unpaired) electrons. The number of ether oxygens (including phenoxy) is 2. The molecule has 8 rings (SSSR count). The first-order valence-electron chi connectivity index (χ1n) is 20.1. The van der Waals surface area contributed by atoms with Crippen LogP contribution in [0.25, 0.3) is 0 Å². The Kier molecular flexibility index (Phi) is 21.4. The first kappa shape index (κ1) is 58.0. The molecule has 0 fully saturated rings. The third-order valence-corrected chi connectivity index (χ3v) is 11.4. The number of aromatic nitrogens is 8. The number of nitrogens with one attached hydrogen (secondary N) is 3. The fraction of sp³-hybridized carbons (Fsp3) is 0.136. The van der Waals surface area contributed by atoms with E-state index in [9.17, 15) is 25.6 Å². The number of halogens is 3. The van der Waals surface area contributed by atoms with Gasteiger partial charge in [0.05, 0.1) is 35.4 Å². The maximum absolute atomic E-state index is 14.3. The van der Waals surface area contributed by atoms with E-state index in [1.807, 2.05) is 26.0 Å². The number of nitrogens with two attached hydrogens (primary N) is 3. The van der Waals surface area contributed by atoms with Crippen LogP contribution in [0.4, 0.5) is 49.1 Å². The number of hydrogen-bond donors (Lipinski definition) is 6. The van der Waals surface area contributed by atoms with Crippen LogP contribution in [-0.2, 0) is 98.7 Å². The van der Waals surface area contributed by atoms with Gasteiger partial charge in [0.2, 0.25) is 31.3 Å². The van der Waals surface area contributed by atoms with Crippen LogP contribution in [-0.4, -0.2) is 47.0 Å². The molecule has 8 aromatic rings. The molecule has 0 spiro atoms. The Morgan fingerprint density at radius 1 is 0.592 bits per heavy atom. The molecule has 0 saturated heterocycles. The van der Waals surface area contributed by atoms with E-state index < -0.39 is 31.7 Å². The molecule has 366 valence electrons. The second-order valence-corrected chi connectivity index (χ2v) is 18.2. The molecule has 20 nitrogen and oxygen atoms in total. The van der Waals surface area contributed by atoms with Gasteiger partial charge in [-0.3, -0.25) is 0 Å². The largest absolute Gasteiger partial charge is 0.576 e. The molecule has 0 bridgehead atoms. The first-order chi connectivity index (χ1) is 32.7. The van der Waals surface area contributed by atoms with E-state index in [1.165, 1.54) is 12.1 Å². The van der Waals surface area contributed by atoms with Gasteiger partial charge < -0.3 is 51.6 Å². The molecule has 9 N–H and O–H groups in total. The summed E-state index contributed by atoms with van der Waals surface area (Å²) in [5, 5.41) is 34.5. The number of hydrogen-bond acceptors (Lipinski definition) is 16. The van der Waals surface area contributed by atoms with Crippen molar-refractivity contribution in [2.45, 2.75) is 50.7 Å². The molecule has 0 saturated carbocycles. The summed E-state index contributed by atoms with van der Waals surface area (Å²) in [5.74, 6) is 0.0528. The number of anilines is 7. The fourth-order valence-electron chi connectivity index (χ4n) is 5.87. The van der Waals surface area contributed by atoms with Crippen molar-refractivity contribution in [2.24, 2.45) is 10.3 Å². The summed E-state index contributed by atoms with van der Waals surface area (Å²) in [6.07, 6.45) is 2.02. The molecule has 0 amide bonds. The number of rotatable bonds is 14. The quantitative estimate of drug-likeness (QED) is 0.0483. The van der Waals surface area contributed by atoms with Crippen molar-refractivity contribution in [1.82, 2.24) is 40.3 Å². The SMILES string of the molecule is Cc1cc(COc2ccc(Nc3nc(Cl)ncc3F)cc2)[n-]n1.Cc1cc(COc2ccc(Nc3nc(Nc4ccc(C)c(S(N)(=O)=O)c4)ncc3F)cc2)[n-]n1.Cc1ccc(N)cc1S(N)(=O)=O.[Y].[Y]. The Morgan fingerprint density at radius 3 is 1.48 bits per heavy atom. The number of sulfonamides is 2. The van der Waals surface area contributed by atoms with Crippen LogP contribution in [0.2, 0.25) is 5.28 Å². The summed E-state index contributed by atoms with van der Waals surface area (Å²) in [6, 6.07) is 26.8. The molecule has 71 heavy (non-hydrogen) atoms. The van der Waals surface area contributed by atoms with E-state index in [0.717, 1.165) is 35.2 Å². The van der Waals surface area contributed by atoms with Gasteiger partial charge in [-0.25, -0.2) is 45.9 Å². The van der Waals surface area contributed by atoms with Gasteiger partial charge in [0.15, 0.2) is 23.3 Å². The van der Waals surface area contributed by atoms with Crippen molar-refractivity contribution in [3.63, 3.8) is 0 Å². The summed E-state index contributed by atoms with van der Waals surface area (Å²) in [4.78, 5) is 15.5. The summed E-state index contributed by atoms with van der Waals surface area (Å²) < 4.78 is 84.5. The van der Waals surface area contributed by atoms with Gasteiger partial charge in [-0.2, -0.15) is 9.97 Å². The predicted octanol–water partition coefficient (Wildman–Crippen LogP) is 6.77. The van der Waals surface area contributed by atoms with Gasteiger partial charge >= 0.3 is 0 Å². The maximum atomic E-state index is 14.3. The molecule has 4 aromatic heterocycles. The van der Waals surface area contributed by atoms with Crippen LogP contribution < -0.4 is 51.6 Å². The van der Waals surface area contributed by atoms with E-state index in [-0.39, 0.29) is 105 Å². The Bertz CT molecular complexity index is 3290. The number of primary sulfonamides is 2. The van der Waals surface area contributed by atoms with Crippen molar-refractivity contribution in [3.05, 3.63) is 160 Å². The van der Waals surface area contributed by atoms with Crippen molar-refractivity contribution in [3.8, 4) is 11.5 Å². The number of nitrogens with zero attached hydrogens (tertiary/aromatic N) is 8. The zero-order valence-corrected chi connectivity index (χ0v) is 46.2. The van der Waals surface area contributed by atoms with Gasteiger partial charge in [0.25, 0.3) is 0 Å². The van der Waals surface area contributed by atoms with Crippen LogP contribution in [0, 0.1) is 39.3 Å². The molecule has 4 aromatic carbocycles. The van der Waals surface area contributed by atoms with E-state index in [1.54, 1.807) is 86.6 Å². The van der Waals surface area contributed by atoms with Crippen LogP contribution in [0.3, 0.4) is 0 Å². The first-order valence-corrected chi connectivity index (χ1v) is 23.6. The molecule has 0 aliphatic heterocycles. The van der Waals surface area contributed by atoms with Crippen LogP contribution in [0.1, 0.15) is 33.9 Å². The summed E-state index contributed by atoms with van der Waals surface area (Å²) in [7, 11) is -7.53. The van der Waals surface area contributed by atoms with Gasteiger partial charge in [-0.15, -0.1) is 11.4 Å². The van der Waals surface area contributed by atoms with Gasteiger partial charge in [0.1, 0.15) is 11.5 Å². The average molecular weight is 1180 g/mol. The van der Waals surface area contributed by atoms with Crippen molar-refractivity contribution < 1.29 is 101 Å². The van der Waals surface area contributed by atoms with Gasteiger partial charge in [-0.05, 0) is 123 Å². The zero-order chi connectivity index (χ0) is 49.9. The number of aryl methyl sites for hydroxylation is 4. The number of benzene rings is 4.